The molecule has 0 bridgehead atoms. The van der Waals surface area contributed by atoms with E-state index < -0.39 is 0 Å². The Kier molecular flexibility index (Phi) is 5.80. The van der Waals surface area contributed by atoms with E-state index in [1.807, 2.05) is 6.20 Å². The van der Waals surface area contributed by atoms with Crippen molar-refractivity contribution in [2.24, 2.45) is 0 Å². The van der Waals surface area contributed by atoms with Crippen molar-refractivity contribution in [2.45, 2.75) is 52.1 Å². The minimum Gasteiger partial charge on any atom is -0.308 e. The van der Waals surface area contributed by atoms with Gasteiger partial charge in [0.25, 0.3) is 0 Å². The first-order valence-corrected chi connectivity index (χ1v) is 7.65. The molecule has 1 aliphatic rings. The summed E-state index contributed by atoms with van der Waals surface area (Å²) in [5.41, 5.74) is 2.38. The largest absolute Gasteiger partial charge is 0.308 e. The monoisotopic (exact) mass is 261 g/mol. The highest BCUT2D eigenvalue weighted by molar-refractivity contribution is 5.12. The van der Waals surface area contributed by atoms with Gasteiger partial charge in [0.15, 0.2) is 0 Å². The van der Waals surface area contributed by atoms with Gasteiger partial charge in [-0.2, -0.15) is 0 Å². The summed E-state index contributed by atoms with van der Waals surface area (Å²) in [6, 6.07) is 4.93. The molecule has 0 atom stereocenters. The van der Waals surface area contributed by atoms with Crippen LogP contribution in [0.25, 0.3) is 0 Å². The number of aryl methyl sites for hydroxylation is 1. The maximum Gasteiger partial charge on any atom is 0.0541 e. The summed E-state index contributed by atoms with van der Waals surface area (Å²) in [5.74, 6) is 0. The number of unbranched alkanes of at least 4 members (excludes halogenated alkanes) is 1. The lowest BCUT2D eigenvalue weighted by Crippen LogP contribution is -2.42. The van der Waals surface area contributed by atoms with Crippen LogP contribution in [-0.4, -0.2) is 35.6 Å². The van der Waals surface area contributed by atoms with Crippen molar-refractivity contribution in [3.8, 4) is 0 Å². The number of rotatable bonds is 6. The van der Waals surface area contributed by atoms with E-state index in [1.165, 1.54) is 50.9 Å². The van der Waals surface area contributed by atoms with E-state index in [2.05, 4.69) is 41.2 Å². The van der Waals surface area contributed by atoms with Crippen LogP contribution in [0.5, 0.6) is 0 Å². The van der Waals surface area contributed by atoms with Crippen LogP contribution < -0.4 is 5.32 Å². The van der Waals surface area contributed by atoms with Crippen molar-refractivity contribution in [3.63, 3.8) is 0 Å². The highest BCUT2D eigenvalue weighted by Crippen LogP contribution is 2.11. The lowest BCUT2D eigenvalue weighted by atomic mass is 10.0. The molecule has 106 valence electrons. The number of piperidine rings is 1. The molecule has 3 nitrogen and oxygen atoms in total. The highest BCUT2D eigenvalue weighted by Gasteiger charge is 2.17. The molecular weight excluding hydrogens is 234 g/mol. The molecule has 1 aliphatic heterocycles. The minimum absolute atomic E-state index is 0.668. The van der Waals surface area contributed by atoms with Crippen molar-refractivity contribution < 1.29 is 0 Å². The maximum atomic E-state index is 4.45. The number of pyridine rings is 1. The van der Waals surface area contributed by atoms with Gasteiger partial charge in [0.2, 0.25) is 0 Å². The van der Waals surface area contributed by atoms with E-state index in [9.17, 15) is 0 Å². The molecule has 1 aromatic rings. The summed E-state index contributed by atoms with van der Waals surface area (Å²) in [6.07, 6.45) is 7.14. The molecule has 0 unspecified atom stereocenters. The molecule has 1 aromatic heterocycles. The van der Waals surface area contributed by atoms with Crippen LogP contribution in [0.3, 0.4) is 0 Å². The second-order valence-electron chi connectivity index (χ2n) is 5.68. The van der Waals surface area contributed by atoms with Gasteiger partial charge in [-0.25, -0.2) is 0 Å². The molecule has 1 N–H and O–H groups in total. The molecule has 0 aliphatic carbocycles. The van der Waals surface area contributed by atoms with E-state index in [0.29, 0.717) is 6.04 Å². The number of nitrogens with zero attached hydrogens (tertiary/aromatic N) is 2. The molecular formula is C16H27N3. The molecule has 0 saturated carbocycles. The van der Waals surface area contributed by atoms with Crippen LogP contribution in [0.2, 0.25) is 0 Å². The van der Waals surface area contributed by atoms with Crippen LogP contribution in [0.15, 0.2) is 18.3 Å². The van der Waals surface area contributed by atoms with E-state index in [1.54, 1.807) is 0 Å². The van der Waals surface area contributed by atoms with Crippen LogP contribution in [0.4, 0.5) is 0 Å². The summed E-state index contributed by atoms with van der Waals surface area (Å²) >= 11 is 0. The smallest absolute Gasteiger partial charge is 0.0541 e. The molecule has 19 heavy (non-hydrogen) atoms. The zero-order valence-electron chi connectivity index (χ0n) is 12.4. The molecule has 0 radical (unpaired) electrons. The maximum absolute atomic E-state index is 4.45. The van der Waals surface area contributed by atoms with Crippen LogP contribution in [0, 0.1) is 6.92 Å². The summed E-state index contributed by atoms with van der Waals surface area (Å²) in [6.45, 7) is 9.03. The molecule has 1 fully saturated rings. The third-order valence-electron chi connectivity index (χ3n) is 3.96. The van der Waals surface area contributed by atoms with Gasteiger partial charge in [0.1, 0.15) is 0 Å². The summed E-state index contributed by atoms with van der Waals surface area (Å²) in [7, 11) is 0. The highest BCUT2D eigenvalue weighted by atomic mass is 15.1. The van der Waals surface area contributed by atoms with Crippen LogP contribution in [0.1, 0.15) is 43.9 Å². The van der Waals surface area contributed by atoms with Crippen molar-refractivity contribution in [3.05, 3.63) is 29.6 Å². The lowest BCUT2D eigenvalue weighted by Gasteiger charge is -2.32. The Morgan fingerprint density at radius 3 is 2.74 bits per heavy atom. The Morgan fingerprint density at radius 1 is 1.32 bits per heavy atom. The van der Waals surface area contributed by atoms with Crippen LogP contribution >= 0.6 is 0 Å². The lowest BCUT2D eigenvalue weighted by molar-refractivity contribution is 0.194. The van der Waals surface area contributed by atoms with Gasteiger partial charge >= 0.3 is 0 Å². The van der Waals surface area contributed by atoms with E-state index in [0.717, 1.165) is 12.2 Å². The second kappa shape index (κ2) is 7.61. The van der Waals surface area contributed by atoms with Gasteiger partial charge < -0.3 is 10.2 Å². The van der Waals surface area contributed by atoms with Crippen molar-refractivity contribution in [1.29, 1.82) is 0 Å². The van der Waals surface area contributed by atoms with Gasteiger partial charge in [-0.3, -0.25) is 4.98 Å². The molecule has 0 aromatic carbocycles. The number of hydrogen-bond donors (Lipinski definition) is 1. The van der Waals surface area contributed by atoms with Gasteiger partial charge in [-0.05, 0) is 57.5 Å². The fraction of sp³-hybridized carbons (Fsp3) is 0.688. The first kappa shape index (κ1) is 14.5. The molecule has 3 heteroatoms. The standard InChI is InChI=1S/C16H27N3/c1-3-4-9-19-10-7-15(8-11-19)18-13-16-6-5-14(2)12-17-16/h5-6,12,15,18H,3-4,7-11,13H2,1-2H3. The third kappa shape index (κ3) is 4.92. The predicted octanol–water partition coefficient (Wildman–Crippen LogP) is 2.74. The second-order valence-corrected chi connectivity index (χ2v) is 5.68. The predicted molar refractivity (Wildman–Crippen MR) is 80.2 cm³/mol. The van der Waals surface area contributed by atoms with Crippen molar-refractivity contribution in [1.82, 2.24) is 15.2 Å². The normalized spacial score (nSPS) is 17.8. The van der Waals surface area contributed by atoms with Crippen molar-refractivity contribution >= 4 is 0 Å². The Balaban J connectivity index is 1.67. The quantitative estimate of drug-likeness (QED) is 0.853. The Hall–Kier alpha value is -0.930. The topological polar surface area (TPSA) is 28.2 Å². The molecule has 2 rings (SSSR count). The third-order valence-corrected chi connectivity index (χ3v) is 3.96. The Morgan fingerprint density at radius 2 is 2.11 bits per heavy atom. The summed E-state index contributed by atoms with van der Waals surface area (Å²) < 4.78 is 0. The fourth-order valence-corrected chi connectivity index (χ4v) is 2.59. The minimum atomic E-state index is 0.668. The Bertz CT molecular complexity index is 353. The first-order chi connectivity index (χ1) is 9.28. The van der Waals surface area contributed by atoms with Crippen molar-refractivity contribution in [2.75, 3.05) is 19.6 Å². The number of nitrogens with one attached hydrogen (secondary N) is 1. The van der Waals surface area contributed by atoms with E-state index in [-0.39, 0.29) is 0 Å². The zero-order chi connectivity index (χ0) is 13.5. The number of hydrogen-bond acceptors (Lipinski definition) is 3. The van der Waals surface area contributed by atoms with Gasteiger partial charge in [0, 0.05) is 18.8 Å². The zero-order valence-corrected chi connectivity index (χ0v) is 12.4. The number of likely N-dealkylation sites (tertiary alicyclic amines) is 1. The average molecular weight is 261 g/mol. The first-order valence-electron chi connectivity index (χ1n) is 7.65. The average Bonchev–Trinajstić information content (AvgIpc) is 2.46. The van der Waals surface area contributed by atoms with E-state index >= 15 is 0 Å². The summed E-state index contributed by atoms with van der Waals surface area (Å²) in [4.78, 5) is 7.05. The molecule has 0 spiro atoms. The summed E-state index contributed by atoms with van der Waals surface area (Å²) in [5, 5.41) is 3.64. The number of aromatic nitrogens is 1. The molecule has 1 saturated heterocycles. The molecule has 0 amide bonds. The molecule has 2 heterocycles. The fourth-order valence-electron chi connectivity index (χ4n) is 2.59. The van der Waals surface area contributed by atoms with Crippen LogP contribution in [-0.2, 0) is 6.54 Å². The Labute approximate surface area is 117 Å². The SMILES string of the molecule is CCCCN1CCC(NCc2ccc(C)cn2)CC1. The van der Waals surface area contributed by atoms with Gasteiger partial charge in [0.05, 0.1) is 5.69 Å². The van der Waals surface area contributed by atoms with E-state index in [4.69, 9.17) is 0 Å². The van der Waals surface area contributed by atoms with Gasteiger partial charge in [-0.15, -0.1) is 0 Å². The van der Waals surface area contributed by atoms with Gasteiger partial charge in [-0.1, -0.05) is 19.4 Å².